The van der Waals surface area contributed by atoms with Crippen LogP contribution in [0.3, 0.4) is 0 Å². The number of nitrogens with zero attached hydrogens (tertiary/aromatic N) is 1. The molecule has 1 aromatic rings. The lowest BCUT2D eigenvalue weighted by Gasteiger charge is -2.09. The van der Waals surface area contributed by atoms with E-state index in [-0.39, 0.29) is 5.82 Å². The Bertz CT molecular complexity index is 283. The third-order valence-electron chi connectivity index (χ3n) is 2.33. The van der Waals surface area contributed by atoms with E-state index in [0.717, 1.165) is 19.5 Å². The minimum Gasteiger partial charge on any atom is -0.477 e. The van der Waals surface area contributed by atoms with Crippen molar-refractivity contribution >= 4 is 0 Å². The largest absolute Gasteiger partial charge is 0.477 e. The van der Waals surface area contributed by atoms with E-state index in [4.69, 9.17) is 4.74 Å². The Labute approximate surface area is 82.3 Å². The summed E-state index contributed by atoms with van der Waals surface area (Å²) in [6.45, 7) is 2.72. The third-order valence-corrected chi connectivity index (χ3v) is 2.33. The molecule has 0 saturated carbocycles. The fourth-order valence-electron chi connectivity index (χ4n) is 1.51. The summed E-state index contributed by atoms with van der Waals surface area (Å²) in [5, 5.41) is 3.26. The first-order valence-electron chi connectivity index (χ1n) is 4.79. The van der Waals surface area contributed by atoms with Crippen molar-refractivity contribution in [3.63, 3.8) is 0 Å². The second kappa shape index (κ2) is 4.37. The quantitative estimate of drug-likeness (QED) is 0.789. The van der Waals surface area contributed by atoms with Crippen LogP contribution in [-0.2, 0) is 0 Å². The van der Waals surface area contributed by atoms with Crippen LogP contribution in [0, 0.1) is 11.7 Å². The molecule has 0 radical (unpaired) electrons. The Hall–Kier alpha value is -1.16. The zero-order valence-corrected chi connectivity index (χ0v) is 7.87. The zero-order chi connectivity index (χ0) is 9.80. The molecule has 4 heteroatoms. The summed E-state index contributed by atoms with van der Waals surface area (Å²) in [5.74, 6) is 0.722. The SMILES string of the molecule is Fc1ccc(OCC2CCNC2)nc1. The van der Waals surface area contributed by atoms with E-state index >= 15 is 0 Å². The maximum absolute atomic E-state index is 12.5. The summed E-state index contributed by atoms with van der Waals surface area (Å²) in [6, 6.07) is 2.91. The summed E-state index contributed by atoms with van der Waals surface area (Å²) in [4.78, 5) is 3.82. The highest BCUT2D eigenvalue weighted by atomic mass is 19.1. The van der Waals surface area contributed by atoms with Gasteiger partial charge in [-0.25, -0.2) is 9.37 Å². The average Bonchev–Trinajstić information content (AvgIpc) is 2.70. The molecular formula is C10H13FN2O. The Kier molecular flexibility index (Phi) is 2.93. The first kappa shape index (κ1) is 9.40. The van der Waals surface area contributed by atoms with Gasteiger partial charge in [0, 0.05) is 18.5 Å². The lowest BCUT2D eigenvalue weighted by atomic mass is 10.1. The van der Waals surface area contributed by atoms with Crippen LogP contribution in [-0.4, -0.2) is 24.7 Å². The number of halogens is 1. The van der Waals surface area contributed by atoms with Crippen LogP contribution >= 0.6 is 0 Å². The second-order valence-electron chi connectivity index (χ2n) is 3.48. The molecule has 2 rings (SSSR count). The maximum Gasteiger partial charge on any atom is 0.213 e. The van der Waals surface area contributed by atoms with Crippen LogP contribution in [0.2, 0.25) is 0 Å². The first-order chi connectivity index (χ1) is 6.84. The predicted molar refractivity (Wildman–Crippen MR) is 50.7 cm³/mol. The van der Waals surface area contributed by atoms with Crippen molar-refractivity contribution in [2.24, 2.45) is 5.92 Å². The lowest BCUT2D eigenvalue weighted by Crippen LogP contribution is -2.15. The second-order valence-corrected chi connectivity index (χ2v) is 3.48. The van der Waals surface area contributed by atoms with Crippen molar-refractivity contribution in [3.8, 4) is 5.88 Å². The van der Waals surface area contributed by atoms with Gasteiger partial charge in [0.1, 0.15) is 5.82 Å². The van der Waals surface area contributed by atoms with E-state index in [1.54, 1.807) is 6.07 Å². The van der Waals surface area contributed by atoms with Gasteiger partial charge >= 0.3 is 0 Å². The number of nitrogens with one attached hydrogen (secondary N) is 1. The average molecular weight is 196 g/mol. The molecule has 3 nitrogen and oxygen atoms in total. The van der Waals surface area contributed by atoms with Crippen molar-refractivity contribution in [2.75, 3.05) is 19.7 Å². The van der Waals surface area contributed by atoms with Crippen LogP contribution in [0.4, 0.5) is 4.39 Å². The van der Waals surface area contributed by atoms with Gasteiger partial charge in [0.05, 0.1) is 12.8 Å². The van der Waals surface area contributed by atoms with E-state index in [9.17, 15) is 4.39 Å². The molecule has 1 saturated heterocycles. The van der Waals surface area contributed by atoms with Crippen LogP contribution in [0.25, 0.3) is 0 Å². The van der Waals surface area contributed by atoms with Crippen molar-refractivity contribution in [1.29, 1.82) is 0 Å². The number of rotatable bonds is 3. The molecule has 0 spiro atoms. The fourth-order valence-corrected chi connectivity index (χ4v) is 1.51. The zero-order valence-electron chi connectivity index (χ0n) is 7.87. The summed E-state index contributed by atoms with van der Waals surface area (Å²) in [5.41, 5.74) is 0. The highest BCUT2D eigenvalue weighted by molar-refractivity contribution is 5.10. The van der Waals surface area contributed by atoms with E-state index < -0.39 is 0 Å². The summed E-state index contributed by atoms with van der Waals surface area (Å²) in [6.07, 6.45) is 2.31. The van der Waals surface area contributed by atoms with Gasteiger partial charge in [-0.3, -0.25) is 0 Å². The minimum atomic E-state index is -0.333. The summed E-state index contributed by atoms with van der Waals surface area (Å²) < 4.78 is 17.9. The highest BCUT2D eigenvalue weighted by Crippen LogP contribution is 2.11. The molecule has 0 aliphatic carbocycles. The molecular weight excluding hydrogens is 183 g/mol. The fraction of sp³-hybridized carbons (Fsp3) is 0.500. The topological polar surface area (TPSA) is 34.1 Å². The van der Waals surface area contributed by atoms with Crippen LogP contribution in [0.15, 0.2) is 18.3 Å². The van der Waals surface area contributed by atoms with Gasteiger partial charge in [0.25, 0.3) is 0 Å². The summed E-state index contributed by atoms with van der Waals surface area (Å²) >= 11 is 0. The molecule has 1 unspecified atom stereocenters. The van der Waals surface area contributed by atoms with E-state index in [2.05, 4.69) is 10.3 Å². The van der Waals surface area contributed by atoms with Crippen molar-refractivity contribution in [2.45, 2.75) is 6.42 Å². The Morgan fingerprint density at radius 2 is 2.50 bits per heavy atom. The van der Waals surface area contributed by atoms with Crippen molar-refractivity contribution in [1.82, 2.24) is 10.3 Å². The number of aromatic nitrogens is 1. The smallest absolute Gasteiger partial charge is 0.213 e. The first-order valence-corrected chi connectivity index (χ1v) is 4.79. The molecule has 2 heterocycles. The Morgan fingerprint density at radius 1 is 1.57 bits per heavy atom. The molecule has 1 aliphatic heterocycles. The summed E-state index contributed by atoms with van der Waals surface area (Å²) in [7, 11) is 0. The van der Waals surface area contributed by atoms with Crippen LogP contribution < -0.4 is 10.1 Å². The van der Waals surface area contributed by atoms with Crippen molar-refractivity contribution < 1.29 is 9.13 Å². The van der Waals surface area contributed by atoms with Gasteiger partial charge < -0.3 is 10.1 Å². The monoisotopic (exact) mass is 196 g/mol. The highest BCUT2D eigenvalue weighted by Gasteiger charge is 2.14. The molecule has 76 valence electrons. The van der Waals surface area contributed by atoms with E-state index in [1.165, 1.54) is 12.3 Å². The molecule has 0 amide bonds. The number of hydrogen-bond acceptors (Lipinski definition) is 3. The maximum atomic E-state index is 12.5. The van der Waals surface area contributed by atoms with Crippen LogP contribution in [0.5, 0.6) is 5.88 Å². The molecule has 1 N–H and O–H groups in total. The standard InChI is InChI=1S/C10H13FN2O/c11-9-1-2-10(13-6-9)14-7-8-3-4-12-5-8/h1-2,6,8,12H,3-5,7H2. The van der Waals surface area contributed by atoms with Crippen molar-refractivity contribution in [3.05, 3.63) is 24.1 Å². The van der Waals surface area contributed by atoms with Gasteiger partial charge in [-0.15, -0.1) is 0 Å². The Balaban J connectivity index is 1.82. The lowest BCUT2D eigenvalue weighted by molar-refractivity contribution is 0.250. The van der Waals surface area contributed by atoms with Gasteiger partial charge in [-0.2, -0.15) is 0 Å². The molecule has 14 heavy (non-hydrogen) atoms. The molecule has 1 fully saturated rings. The molecule has 1 aliphatic rings. The van der Waals surface area contributed by atoms with Gasteiger partial charge in [-0.05, 0) is 19.0 Å². The van der Waals surface area contributed by atoms with E-state index in [0.29, 0.717) is 18.4 Å². The van der Waals surface area contributed by atoms with E-state index in [1.807, 2.05) is 0 Å². The molecule has 1 aromatic heterocycles. The normalized spacial score (nSPS) is 21.1. The third kappa shape index (κ3) is 2.42. The number of hydrogen-bond donors (Lipinski definition) is 1. The van der Waals surface area contributed by atoms with Crippen LogP contribution in [0.1, 0.15) is 6.42 Å². The van der Waals surface area contributed by atoms with Gasteiger partial charge in [0.2, 0.25) is 5.88 Å². The van der Waals surface area contributed by atoms with Gasteiger partial charge in [-0.1, -0.05) is 0 Å². The van der Waals surface area contributed by atoms with Gasteiger partial charge in [0.15, 0.2) is 0 Å². The predicted octanol–water partition coefficient (Wildman–Crippen LogP) is 1.21. The Morgan fingerprint density at radius 3 is 3.14 bits per heavy atom. The molecule has 1 atom stereocenters. The minimum absolute atomic E-state index is 0.333. The molecule has 0 aromatic carbocycles. The number of pyridine rings is 1. The number of ether oxygens (including phenoxy) is 1. The molecule has 0 bridgehead atoms.